The maximum Gasteiger partial charge on any atom is 0.243 e. The van der Waals surface area contributed by atoms with Crippen molar-refractivity contribution in [2.75, 3.05) is 46.1 Å². The molecular formula is C15H25N4OS+. The Balaban J connectivity index is 2.35. The molecule has 0 spiro atoms. The van der Waals surface area contributed by atoms with E-state index in [-0.39, 0.29) is 12.5 Å². The van der Waals surface area contributed by atoms with Crippen LogP contribution >= 0.6 is 12.2 Å². The van der Waals surface area contributed by atoms with E-state index >= 15 is 0 Å². The molecule has 5 nitrogen and oxygen atoms in total. The molecule has 0 saturated carbocycles. The number of hydrogen-bond acceptors (Lipinski definition) is 2. The second-order valence-electron chi connectivity index (χ2n) is 5.46. The summed E-state index contributed by atoms with van der Waals surface area (Å²) in [5.74, 6) is -0.0799. The lowest BCUT2D eigenvalue weighted by Crippen LogP contribution is -3.06. The molecule has 3 N–H and O–H groups in total. The molecule has 0 aliphatic heterocycles. The summed E-state index contributed by atoms with van der Waals surface area (Å²) in [7, 11) is 5.99. The van der Waals surface area contributed by atoms with Gasteiger partial charge in [-0.2, -0.15) is 0 Å². The van der Waals surface area contributed by atoms with Crippen LogP contribution in [-0.2, 0) is 4.79 Å². The molecule has 1 aromatic carbocycles. The van der Waals surface area contributed by atoms with Gasteiger partial charge in [0.1, 0.15) is 0 Å². The third kappa shape index (κ3) is 7.06. The first-order chi connectivity index (χ1) is 9.88. The van der Waals surface area contributed by atoms with Crippen LogP contribution in [0.2, 0.25) is 0 Å². The van der Waals surface area contributed by atoms with Crippen molar-refractivity contribution in [3.63, 3.8) is 0 Å². The number of amides is 1. The van der Waals surface area contributed by atoms with Crippen molar-refractivity contribution in [2.45, 2.75) is 6.92 Å². The highest BCUT2D eigenvalue weighted by Crippen LogP contribution is 2.08. The molecular weight excluding hydrogens is 284 g/mol. The van der Waals surface area contributed by atoms with Gasteiger partial charge in [-0.05, 0) is 31.3 Å². The number of carbonyl (C=O) groups excluding carboxylic acids is 1. The van der Waals surface area contributed by atoms with Crippen molar-refractivity contribution in [1.82, 2.24) is 10.2 Å². The Hall–Kier alpha value is -1.66. The van der Waals surface area contributed by atoms with Gasteiger partial charge >= 0.3 is 0 Å². The first-order valence-electron chi connectivity index (χ1n) is 7.03. The van der Waals surface area contributed by atoms with Gasteiger partial charge in [0.2, 0.25) is 5.91 Å². The topological polar surface area (TPSA) is 48.8 Å². The van der Waals surface area contributed by atoms with Crippen molar-refractivity contribution < 1.29 is 9.69 Å². The summed E-state index contributed by atoms with van der Waals surface area (Å²) in [5.41, 5.74) is 1.97. The van der Waals surface area contributed by atoms with Crippen LogP contribution in [0.4, 0.5) is 5.69 Å². The molecule has 1 amide bonds. The molecule has 0 unspecified atom stereocenters. The molecule has 0 saturated heterocycles. The number of quaternary nitrogens is 1. The van der Waals surface area contributed by atoms with Crippen molar-refractivity contribution in [2.24, 2.45) is 0 Å². The second kappa shape index (κ2) is 8.59. The highest BCUT2D eigenvalue weighted by molar-refractivity contribution is 7.80. The average Bonchev–Trinajstić information content (AvgIpc) is 2.40. The maximum atomic E-state index is 11.9. The van der Waals surface area contributed by atoms with Crippen molar-refractivity contribution in [3.8, 4) is 0 Å². The number of carbonyl (C=O) groups is 1. The van der Waals surface area contributed by atoms with Gasteiger partial charge in [0.05, 0.1) is 33.7 Å². The van der Waals surface area contributed by atoms with Gasteiger partial charge in [-0.1, -0.05) is 17.7 Å². The van der Waals surface area contributed by atoms with Gasteiger partial charge in [-0.25, -0.2) is 0 Å². The Morgan fingerprint density at radius 1 is 1.29 bits per heavy atom. The van der Waals surface area contributed by atoms with E-state index in [0.29, 0.717) is 5.11 Å². The van der Waals surface area contributed by atoms with Gasteiger partial charge < -0.3 is 20.4 Å². The fourth-order valence-corrected chi connectivity index (χ4v) is 1.85. The maximum absolute atomic E-state index is 11.9. The van der Waals surface area contributed by atoms with E-state index in [4.69, 9.17) is 12.2 Å². The highest BCUT2D eigenvalue weighted by atomic mass is 32.1. The van der Waals surface area contributed by atoms with E-state index in [9.17, 15) is 4.79 Å². The van der Waals surface area contributed by atoms with Crippen LogP contribution in [0.1, 0.15) is 5.56 Å². The highest BCUT2D eigenvalue weighted by Gasteiger charge is 2.10. The number of benzene rings is 1. The molecule has 1 aromatic rings. The molecule has 21 heavy (non-hydrogen) atoms. The van der Waals surface area contributed by atoms with E-state index in [2.05, 4.69) is 24.7 Å². The predicted octanol–water partition coefficient (Wildman–Crippen LogP) is -0.116. The van der Waals surface area contributed by atoms with E-state index in [1.807, 2.05) is 38.2 Å². The predicted molar refractivity (Wildman–Crippen MR) is 90.7 cm³/mol. The van der Waals surface area contributed by atoms with E-state index in [1.165, 1.54) is 10.5 Å². The number of likely N-dealkylation sites (N-methyl/N-ethyl adjacent to an activating group) is 2. The minimum atomic E-state index is -0.0799. The van der Waals surface area contributed by atoms with Crippen LogP contribution in [0.3, 0.4) is 0 Å². The lowest BCUT2D eigenvalue weighted by molar-refractivity contribution is -0.856. The Morgan fingerprint density at radius 2 is 1.90 bits per heavy atom. The van der Waals surface area contributed by atoms with Gasteiger partial charge in [0.25, 0.3) is 0 Å². The van der Waals surface area contributed by atoms with E-state index in [0.717, 1.165) is 18.8 Å². The van der Waals surface area contributed by atoms with Gasteiger partial charge in [-0.3, -0.25) is 4.79 Å². The Bertz CT molecular complexity index is 473. The molecule has 6 heteroatoms. The number of thiocarbonyl (C=S) groups is 1. The molecule has 0 radical (unpaired) electrons. The SMILES string of the molecule is Cc1ccc(NC(=O)CN(C)C(=S)NCC[NH+](C)C)cc1. The molecule has 0 aromatic heterocycles. The fourth-order valence-electron chi connectivity index (χ4n) is 1.68. The summed E-state index contributed by atoms with van der Waals surface area (Å²) in [6, 6.07) is 7.72. The van der Waals surface area contributed by atoms with Crippen molar-refractivity contribution in [3.05, 3.63) is 29.8 Å². The minimum absolute atomic E-state index is 0.0799. The zero-order valence-electron chi connectivity index (χ0n) is 13.2. The minimum Gasteiger partial charge on any atom is -0.357 e. The van der Waals surface area contributed by atoms with Crippen LogP contribution in [-0.4, -0.2) is 56.7 Å². The lowest BCUT2D eigenvalue weighted by Gasteiger charge is -2.20. The second-order valence-corrected chi connectivity index (χ2v) is 5.85. The zero-order valence-corrected chi connectivity index (χ0v) is 14.0. The smallest absolute Gasteiger partial charge is 0.243 e. The monoisotopic (exact) mass is 309 g/mol. The molecule has 0 aliphatic rings. The molecule has 0 heterocycles. The van der Waals surface area contributed by atoms with Crippen LogP contribution in [0, 0.1) is 6.92 Å². The zero-order chi connectivity index (χ0) is 15.8. The summed E-state index contributed by atoms with van der Waals surface area (Å²) in [4.78, 5) is 15.0. The largest absolute Gasteiger partial charge is 0.357 e. The lowest BCUT2D eigenvalue weighted by atomic mass is 10.2. The Labute approximate surface area is 132 Å². The number of anilines is 1. The first kappa shape index (κ1) is 17.4. The normalized spacial score (nSPS) is 10.3. The molecule has 116 valence electrons. The molecule has 0 atom stereocenters. The molecule has 0 bridgehead atoms. The Kier molecular flexibility index (Phi) is 7.11. The number of hydrogen-bond donors (Lipinski definition) is 3. The summed E-state index contributed by atoms with van der Waals surface area (Å²) in [6.45, 7) is 4.02. The summed E-state index contributed by atoms with van der Waals surface area (Å²) in [5, 5.41) is 6.60. The fraction of sp³-hybridized carbons (Fsp3) is 0.467. The molecule has 0 fully saturated rings. The molecule has 0 aliphatic carbocycles. The number of nitrogens with zero attached hydrogens (tertiary/aromatic N) is 1. The van der Waals surface area contributed by atoms with Crippen LogP contribution in [0.15, 0.2) is 24.3 Å². The van der Waals surface area contributed by atoms with Gasteiger partial charge in [0, 0.05) is 12.7 Å². The number of rotatable bonds is 6. The number of aryl methyl sites for hydroxylation is 1. The van der Waals surface area contributed by atoms with Crippen LogP contribution < -0.4 is 15.5 Å². The first-order valence-corrected chi connectivity index (χ1v) is 7.44. The van der Waals surface area contributed by atoms with Crippen LogP contribution in [0.5, 0.6) is 0 Å². The van der Waals surface area contributed by atoms with Crippen molar-refractivity contribution in [1.29, 1.82) is 0 Å². The molecule has 1 rings (SSSR count). The standard InChI is InChI=1S/C15H24N4OS/c1-12-5-7-13(8-6-12)17-14(20)11-19(4)15(21)16-9-10-18(2)3/h5-8H,9-11H2,1-4H3,(H,16,21)(H,17,20)/p+1. The van der Waals surface area contributed by atoms with Crippen molar-refractivity contribution >= 4 is 28.9 Å². The van der Waals surface area contributed by atoms with E-state index in [1.54, 1.807) is 4.90 Å². The summed E-state index contributed by atoms with van der Waals surface area (Å²) >= 11 is 5.25. The summed E-state index contributed by atoms with van der Waals surface area (Å²) < 4.78 is 0. The van der Waals surface area contributed by atoms with Gasteiger partial charge in [-0.15, -0.1) is 0 Å². The quantitative estimate of drug-likeness (QED) is 0.642. The van der Waals surface area contributed by atoms with Crippen LogP contribution in [0.25, 0.3) is 0 Å². The summed E-state index contributed by atoms with van der Waals surface area (Å²) in [6.07, 6.45) is 0. The third-order valence-corrected chi connectivity index (χ3v) is 3.42. The van der Waals surface area contributed by atoms with Gasteiger partial charge in [0.15, 0.2) is 5.11 Å². The Morgan fingerprint density at radius 3 is 2.48 bits per heavy atom. The third-order valence-electron chi connectivity index (χ3n) is 2.96. The number of nitrogens with one attached hydrogen (secondary N) is 3. The average molecular weight is 309 g/mol. The van der Waals surface area contributed by atoms with E-state index < -0.39 is 0 Å².